The molecule has 1 fully saturated rings. The fourth-order valence-corrected chi connectivity index (χ4v) is 3.00. The number of likely N-dealkylation sites (tertiary alicyclic amines) is 1. The first kappa shape index (κ1) is 14.4. The molecule has 1 saturated heterocycles. The Morgan fingerprint density at radius 1 is 1.32 bits per heavy atom. The highest BCUT2D eigenvalue weighted by atomic mass is 35.5. The summed E-state index contributed by atoms with van der Waals surface area (Å²) < 4.78 is 0. The average molecular weight is 280 g/mol. The van der Waals surface area contributed by atoms with Crippen molar-refractivity contribution < 1.29 is 4.79 Å². The predicted molar refractivity (Wildman–Crippen MR) is 79.4 cm³/mol. The van der Waals surface area contributed by atoms with Crippen molar-refractivity contribution in [3.63, 3.8) is 0 Å². The van der Waals surface area contributed by atoms with Gasteiger partial charge in [-0.15, -0.1) is 11.6 Å². The minimum Gasteiger partial charge on any atom is -0.342 e. The Hall–Kier alpha value is -1.02. The van der Waals surface area contributed by atoms with Gasteiger partial charge in [0, 0.05) is 25.4 Å². The maximum atomic E-state index is 12.1. The summed E-state index contributed by atoms with van der Waals surface area (Å²) in [6.45, 7) is 1.84. The predicted octanol–water partition coefficient (Wildman–Crippen LogP) is 3.49. The Balaban J connectivity index is 1.68. The summed E-state index contributed by atoms with van der Waals surface area (Å²) in [4.78, 5) is 14.1. The van der Waals surface area contributed by atoms with Crippen molar-refractivity contribution in [3.8, 4) is 0 Å². The van der Waals surface area contributed by atoms with Gasteiger partial charge in [0.1, 0.15) is 0 Å². The van der Waals surface area contributed by atoms with Crippen molar-refractivity contribution in [3.05, 3.63) is 35.9 Å². The molecule has 1 atom stereocenters. The first-order valence-electron chi connectivity index (χ1n) is 7.17. The standard InChI is InChI=1S/C16H22ClNO/c17-11-9-15-10-12-18(13-15)16(19)8-4-7-14-5-2-1-3-6-14/h1-3,5-6,15H,4,7-13H2. The number of hydrogen-bond acceptors (Lipinski definition) is 1. The smallest absolute Gasteiger partial charge is 0.222 e. The monoisotopic (exact) mass is 279 g/mol. The number of carbonyl (C=O) groups is 1. The second-order valence-corrected chi connectivity index (χ2v) is 5.69. The fraction of sp³-hybridized carbons (Fsp3) is 0.562. The first-order chi connectivity index (χ1) is 9.29. The topological polar surface area (TPSA) is 20.3 Å². The van der Waals surface area contributed by atoms with E-state index in [-0.39, 0.29) is 0 Å². The molecule has 0 radical (unpaired) electrons. The average Bonchev–Trinajstić information content (AvgIpc) is 2.89. The number of alkyl halides is 1. The lowest BCUT2D eigenvalue weighted by molar-refractivity contribution is -0.130. The number of benzene rings is 1. The van der Waals surface area contributed by atoms with E-state index in [1.807, 2.05) is 23.1 Å². The Bertz CT molecular complexity index is 393. The van der Waals surface area contributed by atoms with Crippen LogP contribution in [0.4, 0.5) is 0 Å². The minimum absolute atomic E-state index is 0.313. The second-order valence-electron chi connectivity index (χ2n) is 5.31. The first-order valence-corrected chi connectivity index (χ1v) is 7.70. The number of amides is 1. The van der Waals surface area contributed by atoms with Crippen LogP contribution in [0.15, 0.2) is 30.3 Å². The highest BCUT2D eigenvalue weighted by Crippen LogP contribution is 2.21. The summed E-state index contributed by atoms with van der Waals surface area (Å²) in [5.41, 5.74) is 1.32. The highest BCUT2D eigenvalue weighted by molar-refractivity contribution is 6.17. The molecule has 1 aromatic carbocycles. The number of carbonyl (C=O) groups excluding carboxylic acids is 1. The lowest BCUT2D eigenvalue weighted by Gasteiger charge is -2.16. The van der Waals surface area contributed by atoms with Crippen molar-refractivity contribution in [1.82, 2.24) is 4.90 Å². The molecular weight excluding hydrogens is 258 g/mol. The van der Waals surface area contributed by atoms with E-state index >= 15 is 0 Å². The van der Waals surface area contributed by atoms with Crippen molar-refractivity contribution in [1.29, 1.82) is 0 Å². The molecule has 0 aliphatic carbocycles. The number of rotatable bonds is 6. The van der Waals surface area contributed by atoms with Crippen LogP contribution < -0.4 is 0 Å². The maximum absolute atomic E-state index is 12.1. The Labute approximate surface area is 120 Å². The number of nitrogens with zero attached hydrogens (tertiary/aromatic N) is 1. The molecular formula is C16H22ClNO. The van der Waals surface area contributed by atoms with Gasteiger partial charge in [-0.1, -0.05) is 30.3 Å². The molecule has 0 aromatic heterocycles. The van der Waals surface area contributed by atoms with E-state index in [2.05, 4.69) is 12.1 Å². The summed E-state index contributed by atoms with van der Waals surface area (Å²) in [5, 5.41) is 0. The van der Waals surface area contributed by atoms with Crippen LogP contribution in [-0.2, 0) is 11.2 Å². The van der Waals surface area contributed by atoms with Crippen LogP contribution in [-0.4, -0.2) is 29.8 Å². The molecule has 0 bridgehead atoms. The minimum atomic E-state index is 0.313. The van der Waals surface area contributed by atoms with Crippen LogP contribution >= 0.6 is 11.6 Å². The molecule has 3 heteroatoms. The molecule has 0 spiro atoms. The third-order valence-electron chi connectivity index (χ3n) is 3.85. The largest absolute Gasteiger partial charge is 0.342 e. The maximum Gasteiger partial charge on any atom is 0.222 e. The van der Waals surface area contributed by atoms with Gasteiger partial charge in [-0.05, 0) is 37.2 Å². The van der Waals surface area contributed by atoms with Crippen LogP contribution in [0.2, 0.25) is 0 Å². The number of halogens is 1. The lowest BCUT2D eigenvalue weighted by atomic mass is 10.1. The molecule has 1 amide bonds. The van der Waals surface area contributed by atoms with Gasteiger partial charge in [0.15, 0.2) is 0 Å². The van der Waals surface area contributed by atoms with E-state index in [9.17, 15) is 4.79 Å². The van der Waals surface area contributed by atoms with Crippen molar-refractivity contribution in [2.24, 2.45) is 5.92 Å². The molecule has 2 nitrogen and oxygen atoms in total. The van der Waals surface area contributed by atoms with Crippen molar-refractivity contribution in [2.45, 2.75) is 32.1 Å². The molecule has 104 valence electrons. The van der Waals surface area contributed by atoms with E-state index in [0.29, 0.717) is 24.1 Å². The zero-order valence-electron chi connectivity index (χ0n) is 11.4. The summed E-state index contributed by atoms with van der Waals surface area (Å²) in [5.74, 6) is 1.64. The van der Waals surface area contributed by atoms with Crippen LogP contribution in [0.3, 0.4) is 0 Å². The third kappa shape index (κ3) is 4.54. The van der Waals surface area contributed by atoms with E-state index in [4.69, 9.17) is 11.6 Å². The van der Waals surface area contributed by atoms with Crippen LogP contribution in [0.5, 0.6) is 0 Å². The molecule has 0 N–H and O–H groups in total. The van der Waals surface area contributed by atoms with E-state index < -0.39 is 0 Å². The zero-order valence-corrected chi connectivity index (χ0v) is 12.1. The summed E-state index contributed by atoms with van der Waals surface area (Å²) >= 11 is 5.76. The van der Waals surface area contributed by atoms with Gasteiger partial charge < -0.3 is 4.90 Å². The third-order valence-corrected chi connectivity index (χ3v) is 4.07. The van der Waals surface area contributed by atoms with Gasteiger partial charge in [-0.2, -0.15) is 0 Å². The lowest BCUT2D eigenvalue weighted by Crippen LogP contribution is -2.28. The van der Waals surface area contributed by atoms with Gasteiger partial charge in [0.2, 0.25) is 5.91 Å². The van der Waals surface area contributed by atoms with Crippen LogP contribution in [0.1, 0.15) is 31.2 Å². The fourth-order valence-electron chi connectivity index (χ4n) is 2.70. The molecule has 1 unspecified atom stereocenters. The number of hydrogen-bond donors (Lipinski definition) is 0. The quantitative estimate of drug-likeness (QED) is 0.730. The Morgan fingerprint density at radius 3 is 2.84 bits per heavy atom. The number of aryl methyl sites for hydroxylation is 1. The van der Waals surface area contributed by atoms with Crippen LogP contribution in [0.25, 0.3) is 0 Å². The normalized spacial score (nSPS) is 18.8. The summed E-state index contributed by atoms with van der Waals surface area (Å²) in [6.07, 6.45) is 4.76. The Kier molecular flexibility index (Phi) is 5.71. The zero-order chi connectivity index (χ0) is 13.5. The van der Waals surface area contributed by atoms with Gasteiger partial charge >= 0.3 is 0 Å². The summed E-state index contributed by atoms with van der Waals surface area (Å²) in [6, 6.07) is 10.4. The molecule has 1 aliphatic heterocycles. The van der Waals surface area contributed by atoms with Gasteiger partial charge in [-0.3, -0.25) is 4.79 Å². The molecule has 1 aromatic rings. The molecule has 1 heterocycles. The highest BCUT2D eigenvalue weighted by Gasteiger charge is 2.25. The summed E-state index contributed by atoms with van der Waals surface area (Å²) in [7, 11) is 0. The Morgan fingerprint density at radius 2 is 2.11 bits per heavy atom. The van der Waals surface area contributed by atoms with E-state index in [0.717, 1.165) is 38.8 Å². The van der Waals surface area contributed by atoms with Gasteiger partial charge in [-0.25, -0.2) is 0 Å². The SMILES string of the molecule is O=C(CCCc1ccccc1)N1CCC(CCCl)C1. The van der Waals surface area contributed by atoms with Gasteiger partial charge in [0.05, 0.1) is 0 Å². The van der Waals surface area contributed by atoms with Crippen molar-refractivity contribution in [2.75, 3.05) is 19.0 Å². The molecule has 0 saturated carbocycles. The van der Waals surface area contributed by atoms with Crippen LogP contribution in [0, 0.1) is 5.92 Å². The molecule has 1 aliphatic rings. The van der Waals surface area contributed by atoms with Gasteiger partial charge in [0.25, 0.3) is 0 Å². The van der Waals surface area contributed by atoms with E-state index in [1.165, 1.54) is 5.56 Å². The molecule has 19 heavy (non-hydrogen) atoms. The van der Waals surface area contributed by atoms with E-state index in [1.54, 1.807) is 0 Å². The second kappa shape index (κ2) is 7.54. The van der Waals surface area contributed by atoms with Crippen molar-refractivity contribution >= 4 is 17.5 Å². The molecule has 2 rings (SSSR count).